The van der Waals surface area contributed by atoms with Crippen molar-refractivity contribution in [2.24, 2.45) is 34.5 Å². The number of piperazine rings is 1. The molecule has 2 saturated carbocycles. The zero-order valence-corrected chi connectivity index (χ0v) is 32.8. The average Bonchev–Trinajstić information content (AvgIpc) is 3.97. The Hall–Kier alpha value is -4.31. The Labute approximate surface area is 325 Å². The highest BCUT2D eigenvalue weighted by Crippen LogP contribution is 2.65. The van der Waals surface area contributed by atoms with Crippen LogP contribution in [-0.2, 0) is 9.59 Å². The zero-order valence-electron chi connectivity index (χ0n) is 32.8. The Morgan fingerprint density at radius 3 is 2.22 bits per heavy atom. The highest BCUT2D eigenvalue weighted by atomic mass is 16.5. The fourth-order valence-corrected chi connectivity index (χ4v) is 11.7. The lowest BCUT2D eigenvalue weighted by atomic mass is 9.52. The standard InChI is InChI=1S/C45H56N6O4/c1-30-27-36-34-14-13-32-28-33(52)15-17-44(32,2)35(34)16-18-45(36,3)38(30)37(53)29-48-23-25-50(26-24-48)41-39(55-42(54)31-11-5-4-6-12-31)40(49-19-7-8-20-49)46-43(47-41)51-21-9-10-22-51/h4-6,11-12,15-17,28,30,34,36,38H,7-10,13-14,18-27,29H2,1-3H3/t30?,34-,36?,38?,44+,45+/m1/s1. The molecule has 4 aliphatic carbocycles. The molecule has 55 heavy (non-hydrogen) atoms. The summed E-state index contributed by atoms with van der Waals surface area (Å²) in [6.07, 6.45) is 16.6. The van der Waals surface area contributed by atoms with Crippen LogP contribution in [0.4, 0.5) is 17.6 Å². The summed E-state index contributed by atoms with van der Waals surface area (Å²) in [7, 11) is 0. The maximum absolute atomic E-state index is 14.5. The summed E-state index contributed by atoms with van der Waals surface area (Å²) in [5.41, 5.74) is 3.00. The van der Waals surface area contributed by atoms with Gasteiger partial charge >= 0.3 is 5.97 Å². The summed E-state index contributed by atoms with van der Waals surface area (Å²) >= 11 is 0. The van der Waals surface area contributed by atoms with E-state index in [1.807, 2.05) is 24.3 Å². The molecule has 0 N–H and O–H groups in total. The lowest BCUT2D eigenvalue weighted by Gasteiger charge is -2.52. The van der Waals surface area contributed by atoms with Gasteiger partial charge in [0.15, 0.2) is 23.2 Å². The molecule has 3 aliphatic heterocycles. The van der Waals surface area contributed by atoms with Crippen LogP contribution in [0.5, 0.6) is 5.75 Å². The number of aromatic nitrogens is 2. The maximum atomic E-state index is 14.5. The normalized spacial score (nSPS) is 31.8. The van der Waals surface area contributed by atoms with Crippen molar-refractivity contribution in [2.75, 3.05) is 73.6 Å². The first-order valence-electron chi connectivity index (χ1n) is 21.0. The molecule has 1 aromatic heterocycles. The third-order valence-electron chi connectivity index (χ3n) is 14.5. The molecule has 4 heterocycles. The number of ketones is 2. The van der Waals surface area contributed by atoms with E-state index in [4.69, 9.17) is 14.7 Å². The summed E-state index contributed by atoms with van der Waals surface area (Å²) in [4.78, 5) is 59.7. The number of Topliss-reactive ketones (excluding diaryl/α,β-unsaturated/α-hetero) is 1. The van der Waals surface area contributed by atoms with E-state index >= 15 is 0 Å². The lowest BCUT2D eigenvalue weighted by Crippen LogP contribution is -2.51. The fraction of sp³-hybridized carbons (Fsp3) is 0.578. The molecule has 0 amide bonds. The Bertz CT molecular complexity index is 1940. The molecule has 2 aromatic rings. The minimum absolute atomic E-state index is 0.0263. The first kappa shape index (κ1) is 36.3. The van der Waals surface area contributed by atoms with E-state index in [2.05, 4.69) is 52.5 Å². The second-order valence-electron chi connectivity index (χ2n) is 17.8. The molecule has 3 unspecified atom stereocenters. The molecule has 7 aliphatic rings. The zero-order chi connectivity index (χ0) is 37.9. The fourth-order valence-electron chi connectivity index (χ4n) is 11.7. The minimum Gasteiger partial charge on any atom is -0.415 e. The number of benzene rings is 1. The molecule has 290 valence electrons. The Morgan fingerprint density at radius 2 is 1.53 bits per heavy atom. The van der Waals surface area contributed by atoms with Crippen molar-refractivity contribution in [1.29, 1.82) is 0 Å². The molecule has 0 bridgehead atoms. The first-order chi connectivity index (χ1) is 26.6. The van der Waals surface area contributed by atoms with Gasteiger partial charge in [-0.15, -0.1) is 0 Å². The molecule has 1 aromatic carbocycles. The van der Waals surface area contributed by atoms with Crippen LogP contribution in [0.2, 0.25) is 0 Å². The lowest BCUT2D eigenvalue weighted by molar-refractivity contribution is -0.129. The van der Waals surface area contributed by atoms with Gasteiger partial charge in [-0.3, -0.25) is 14.5 Å². The van der Waals surface area contributed by atoms with E-state index in [-0.39, 0.29) is 22.5 Å². The number of anilines is 3. The van der Waals surface area contributed by atoms with Gasteiger partial charge in [0.25, 0.3) is 0 Å². The highest BCUT2D eigenvalue weighted by molar-refractivity contribution is 6.01. The number of carbonyl (C=O) groups is 3. The van der Waals surface area contributed by atoms with Gasteiger partial charge in [-0.25, -0.2) is 4.79 Å². The van der Waals surface area contributed by atoms with E-state index in [1.54, 1.807) is 18.2 Å². The van der Waals surface area contributed by atoms with Crippen molar-refractivity contribution in [3.8, 4) is 5.75 Å². The number of rotatable bonds is 8. The van der Waals surface area contributed by atoms with Crippen LogP contribution in [0.1, 0.15) is 82.5 Å². The first-order valence-corrected chi connectivity index (χ1v) is 21.0. The van der Waals surface area contributed by atoms with Gasteiger partial charge in [0.1, 0.15) is 0 Å². The number of esters is 1. The van der Waals surface area contributed by atoms with E-state index in [0.29, 0.717) is 72.1 Å². The number of hydrogen-bond donors (Lipinski definition) is 0. The van der Waals surface area contributed by atoms with Crippen molar-refractivity contribution in [3.63, 3.8) is 0 Å². The topological polar surface area (TPSA) is 99.2 Å². The van der Waals surface area contributed by atoms with Crippen LogP contribution in [0.3, 0.4) is 0 Å². The van der Waals surface area contributed by atoms with Crippen LogP contribution in [0, 0.1) is 34.5 Å². The maximum Gasteiger partial charge on any atom is 0.343 e. The molecule has 5 fully saturated rings. The van der Waals surface area contributed by atoms with Crippen molar-refractivity contribution < 1.29 is 19.1 Å². The molecule has 10 nitrogen and oxygen atoms in total. The van der Waals surface area contributed by atoms with Crippen LogP contribution in [0.25, 0.3) is 0 Å². The van der Waals surface area contributed by atoms with Crippen LogP contribution in [-0.4, -0.2) is 91.3 Å². The smallest absolute Gasteiger partial charge is 0.343 e. The quantitative estimate of drug-likeness (QED) is 0.215. The van der Waals surface area contributed by atoms with Crippen LogP contribution in [0.15, 0.2) is 65.8 Å². The van der Waals surface area contributed by atoms with Crippen molar-refractivity contribution >= 4 is 35.1 Å². The number of fused-ring (bicyclic) bond motifs is 5. The van der Waals surface area contributed by atoms with Crippen molar-refractivity contribution in [3.05, 3.63) is 71.3 Å². The van der Waals surface area contributed by atoms with Gasteiger partial charge in [-0.05, 0) is 106 Å². The summed E-state index contributed by atoms with van der Waals surface area (Å²) in [5, 5.41) is 0. The van der Waals surface area contributed by atoms with E-state index in [9.17, 15) is 14.4 Å². The van der Waals surface area contributed by atoms with Crippen LogP contribution < -0.4 is 19.4 Å². The molecule has 10 heteroatoms. The number of nitrogens with zero attached hydrogens (tertiary/aromatic N) is 6. The largest absolute Gasteiger partial charge is 0.415 e. The highest BCUT2D eigenvalue weighted by Gasteiger charge is 2.59. The predicted molar refractivity (Wildman–Crippen MR) is 215 cm³/mol. The Kier molecular flexibility index (Phi) is 9.46. The SMILES string of the molecule is CC1CC2[C@@H]3CCC4=CC(=O)C=C[C@]4(C)C3=CC[C@]2(C)C1C(=O)CN1CCN(c2nc(N3CCCC3)nc(N3CCCC3)c2OC(=O)c2ccccc2)CC1. The van der Waals surface area contributed by atoms with Crippen molar-refractivity contribution in [2.45, 2.75) is 72.1 Å². The average molecular weight is 745 g/mol. The van der Waals surface area contributed by atoms with E-state index < -0.39 is 5.97 Å². The van der Waals surface area contributed by atoms with Gasteiger partial charge in [0.2, 0.25) is 11.7 Å². The molecule has 0 radical (unpaired) electrons. The Morgan fingerprint density at radius 1 is 0.873 bits per heavy atom. The molecule has 0 spiro atoms. The number of allylic oxidation sites excluding steroid dienone is 6. The second-order valence-corrected chi connectivity index (χ2v) is 17.8. The third-order valence-corrected chi connectivity index (χ3v) is 14.5. The van der Waals surface area contributed by atoms with Gasteiger partial charge in [0.05, 0.1) is 12.1 Å². The number of carbonyl (C=O) groups excluding carboxylic acids is 3. The van der Waals surface area contributed by atoms with Gasteiger partial charge in [0, 0.05) is 63.7 Å². The summed E-state index contributed by atoms with van der Waals surface area (Å²) < 4.78 is 6.30. The second kappa shape index (κ2) is 14.3. The predicted octanol–water partition coefficient (Wildman–Crippen LogP) is 6.68. The number of hydrogen-bond acceptors (Lipinski definition) is 10. The van der Waals surface area contributed by atoms with Gasteiger partial charge in [-0.1, -0.05) is 55.3 Å². The molecule has 9 rings (SSSR count). The van der Waals surface area contributed by atoms with Crippen molar-refractivity contribution in [1.82, 2.24) is 14.9 Å². The molecular weight excluding hydrogens is 689 g/mol. The summed E-state index contributed by atoms with van der Waals surface area (Å²) in [6, 6.07) is 9.16. The monoisotopic (exact) mass is 744 g/mol. The van der Waals surface area contributed by atoms with Crippen LogP contribution >= 0.6 is 0 Å². The van der Waals surface area contributed by atoms with Gasteiger partial charge in [-0.2, -0.15) is 9.97 Å². The molecular formula is C45H56N6O4. The summed E-state index contributed by atoms with van der Waals surface area (Å²) in [6.45, 7) is 13.8. The molecule has 3 saturated heterocycles. The minimum atomic E-state index is -0.407. The van der Waals surface area contributed by atoms with E-state index in [1.165, 1.54) is 11.1 Å². The molecule has 6 atom stereocenters. The summed E-state index contributed by atoms with van der Waals surface area (Å²) in [5.74, 6) is 3.91. The Balaban J connectivity index is 0.936. The van der Waals surface area contributed by atoms with Gasteiger partial charge < -0.3 is 19.4 Å². The van der Waals surface area contributed by atoms with E-state index in [0.717, 1.165) is 90.6 Å². The third kappa shape index (κ3) is 6.42. The number of ether oxygens (including phenoxy) is 1.